The van der Waals surface area contributed by atoms with Crippen LogP contribution in [0.1, 0.15) is 17.2 Å². The Kier molecular flexibility index (Phi) is 5.12. The molecule has 5 heterocycles. The minimum Gasteiger partial charge on any atom is -0.493 e. The lowest BCUT2D eigenvalue weighted by Gasteiger charge is -2.61. The van der Waals surface area contributed by atoms with Gasteiger partial charge in [0.15, 0.2) is 11.5 Å². The van der Waals surface area contributed by atoms with E-state index in [-0.39, 0.29) is 12.2 Å². The lowest BCUT2D eigenvalue weighted by atomic mass is 9.75. The topological polar surface area (TPSA) is 138 Å². The quantitative estimate of drug-likeness (QED) is 0.356. The second-order valence-corrected chi connectivity index (χ2v) is 13.3. The van der Waals surface area contributed by atoms with Gasteiger partial charge in [-0.2, -0.15) is 5.06 Å². The van der Waals surface area contributed by atoms with Gasteiger partial charge >= 0.3 is 5.91 Å². The van der Waals surface area contributed by atoms with Gasteiger partial charge in [0, 0.05) is 19.0 Å². The fraction of sp³-hybridized carbons (Fsp3) is 0.524. The summed E-state index contributed by atoms with van der Waals surface area (Å²) in [6.45, 7) is 0. The van der Waals surface area contributed by atoms with Crippen molar-refractivity contribution in [1.82, 2.24) is 9.96 Å². The van der Waals surface area contributed by atoms with Crippen LogP contribution in [0.15, 0.2) is 24.3 Å². The highest BCUT2D eigenvalue weighted by Crippen LogP contribution is 2.68. The first kappa shape index (κ1) is 23.6. The van der Waals surface area contributed by atoms with E-state index in [1.807, 2.05) is 0 Å². The molecule has 188 valence electrons. The van der Waals surface area contributed by atoms with Gasteiger partial charge in [0.25, 0.3) is 11.6 Å². The number of methoxy groups -OCH3 is 2. The molecular formula is C21H22N2O9S3. The van der Waals surface area contributed by atoms with E-state index in [0.29, 0.717) is 17.1 Å². The third kappa shape index (κ3) is 2.70. The van der Waals surface area contributed by atoms with Crippen LogP contribution in [-0.2, 0) is 14.4 Å². The van der Waals surface area contributed by atoms with Crippen molar-refractivity contribution in [1.29, 1.82) is 0 Å². The molecule has 6 aliphatic rings. The highest BCUT2D eigenvalue weighted by atomic mass is 33.5. The van der Waals surface area contributed by atoms with Gasteiger partial charge in [0.05, 0.1) is 14.2 Å². The van der Waals surface area contributed by atoms with E-state index < -0.39 is 51.6 Å². The summed E-state index contributed by atoms with van der Waals surface area (Å²) in [4.78, 5) is 33.8. The van der Waals surface area contributed by atoms with Crippen molar-refractivity contribution < 1.29 is 44.0 Å². The van der Waals surface area contributed by atoms with Gasteiger partial charge < -0.3 is 29.5 Å². The van der Waals surface area contributed by atoms with Crippen molar-refractivity contribution in [3.63, 3.8) is 0 Å². The van der Waals surface area contributed by atoms with Crippen molar-refractivity contribution in [2.24, 2.45) is 0 Å². The first-order chi connectivity index (χ1) is 16.7. The molecule has 0 aromatic heterocycles. The minimum absolute atomic E-state index is 0.280. The number of aliphatic hydroxyl groups is 3. The standard InChI is InChI=1S/C21H22N2O9S3/c1-22-17(26)20-8-19(28)12(25)7-5-10(24)15(19)32-23(20)18(27)21(22)16(33-35-34-20)9-4-6-11(29-2)14(30-3)13(9)31-21/h4-7,10,12,15-16,24-25,28H,8H2,1-3H3/t10-,12-,15+,16-,19+,20-,21+/m1/s1. The number of carbonyl (C=O) groups is 2. The van der Waals surface area contributed by atoms with Crippen LogP contribution in [0.5, 0.6) is 17.2 Å². The molecule has 1 aromatic carbocycles. The van der Waals surface area contributed by atoms with Crippen LogP contribution in [0.25, 0.3) is 0 Å². The maximum atomic E-state index is 14.3. The number of likely N-dealkylation sites (N-methyl/N-ethyl adjacent to an activating group) is 1. The summed E-state index contributed by atoms with van der Waals surface area (Å²) in [5.74, 6) is -0.232. The molecule has 2 bridgehead atoms. The van der Waals surface area contributed by atoms with Crippen molar-refractivity contribution in [3.8, 4) is 17.2 Å². The van der Waals surface area contributed by atoms with E-state index in [0.717, 1.165) is 15.9 Å². The van der Waals surface area contributed by atoms with Crippen molar-refractivity contribution in [3.05, 3.63) is 29.8 Å². The smallest absolute Gasteiger partial charge is 0.315 e. The van der Waals surface area contributed by atoms with E-state index in [1.54, 1.807) is 12.1 Å². The average Bonchev–Trinajstić information content (AvgIpc) is 3.17. The largest absolute Gasteiger partial charge is 0.493 e. The SMILES string of the molecule is COc1ccc2c(c1OC)O[C@]13C(=O)N4O[C@H]5[C@H](O)C=C[C@@H](O)[C@@]5(O)C[C@@]4(SSS[C@H]21)C(=O)N3C. The Balaban J connectivity index is 1.52. The van der Waals surface area contributed by atoms with E-state index >= 15 is 0 Å². The van der Waals surface area contributed by atoms with Crippen LogP contribution in [0.3, 0.4) is 0 Å². The van der Waals surface area contributed by atoms with E-state index in [1.165, 1.54) is 58.9 Å². The molecule has 14 heteroatoms. The summed E-state index contributed by atoms with van der Waals surface area (Å²) >= 11 is 0. The first-order valence-corrected chi connectivity index (χ1v) is 14.2. The summed E-state index contributed by atoms with van der Waals surface area (Å²) in [5.41, 5.74) is -3.17. The van der Waals surface area contributed by atoms with E-state index in [9.17, 15) is 24.9 Å². The number of nitrogens with zero attached hydrogens (tertiary/aromatic N) is 2. The summed E-state index contributed by atoms with van der Waals surface area (Å²) in [7, 11) is 8.07. The van der Waals surface area contributed by atoms with Crippen LogP contribution in [-0.4, -0.2) is 92.9 Å². The molecule has 5 aliphatic heterocycles. The first-order valence-electron chi connectivity index (χ1n) is 10.7. The Morgan fingerprint density at radius 2 is 1.91 bits per heavy atom. The van der Waals surface area contributed by atoms with E-state index in [2.05, 4.69) is 0 Å². The maximum absolute atomic E-state index is 14.3. The minimum atomic E-state index is -2.00. The van der Waals surface area contributed by atoms with Gasteiger partial charge in [-0.1, -0.05) is 22.9 Å². The molecule has 1 aliphatic carbocycles. The van der Waals surface area contributed by atoms with Gasteiger partial charge in [-0.05, 0) is 32.8 Å². The molecule has 7 rings (SSSR count). The molecule has 2 spiro atoms. The summed E-state index contributed by atoms with van der Waals surface area (Å²) in [6, 6.07) is 3.48. The number of benzene rings is 1. The molecule has 4 fully saturated rings. The molecule has 7 atom stereocenters. The predicted octanol–water partition coefficient (Wildman–Crippen LogP) is 0.600. The Hall–Kier alpha value is -1.81. The third-order valence-corrected chi connectivity index (χ3v) is 12.1. The Bertz CT molecular complexity index is 1170. The molecule has 0 unspecified atom stereocenters. The Labute approximate surface area is 211 Å². The number of hydrogen-bond acceptors (Lipinski definition) is 12. The number of ether oxygens (including phenoxy) is 3. The fourth-order valence-electron chi connectivity index (χ4n) is 5.42. The van der Waals surface area contributed by atoms with Crippen molar-refractivity contribution in [2.75, 3.05) is 21.3 Å². The number of fused-ring (bicyclic) bond motifs is 5. The Morgan fingerprint density at radius 3 is 2.63 bits per heavy atom. The van der Waals surface area contributed by atoms with Crippen molar-refractivity contribution >= 4 is 43.2 Å². The number of carbonyl (C=O) groups excluding carboxylic acids is 2. The lowest BCUT2D eigenvalue weighted by molar-refractivity contribution is -0.338. The second-order valence-electron chi connectivity index (χ2n) is 8.91. The lowest BCUT2D eigenvalue weighted by Crippen LogP contribution is -2.82. The number of hydrogen-bond donors (Lipinski definition) is 3. The molecule has 11 nitrogen and oxygen atoms in total. The highest BCUT2D eigenvalue weighted by Gasteiger charge is 2.76. The van der Waals surface area contributed by atoms with Crippen LogP contribution in [0.2, 0.25) is 0 Å². The molecular weight excluding hydrogens is 520 g/mol. The zero-order valence-corrected chi connectivity index (χ0v) is 21.2. The van der Waals surface area contributed by atoms with Crippen LogP contribution < -0.4 is 14.2 Å². The maximum Gasteiger partial charge on any atom is 0.315 e. The monoisotopic (exact) mass is 542 g/mol. The highest BCUT2D eigenvalue weighted by molar-refractivity contribution is 9.09. The van der Waals surface area contributed by atoms with Gasteiger partial charge in [-0.3, -0.25) is 19.3 Å². The second kappa shape index (κ2) is 7.60. The number of amides is 2. The summed E-state index contributed by atoms with van der Waals surface area (Å²) in [6.07, 6.45) is -1.89. The normalized spacial score (nSPS) is 41.3. The third-order valence-electron chi connectivity index (χ3n) is 7.24. The molecule has 0 radical (unpaired) electrons. The number of piperazine rings is 1. The molecule has 2 amide bonds. The van der Waals surface area contributed by atoms with Gasteiger partial charge in [-0.15, -0.1) is 0 Å². The van der Waals surface area contributed by atoms with Gasteiger partial charge in [0.1, 0.15) is 29.2 Å². The molecule has 4 saturated heterocycles. The number of hydroxylamine groups is 2. The Morgan fingerprint density at radius 1 is 1.14 bits per heavy atom. The van der Waals surface area contributed by atoms with Gasteiger partial charge in [0.2, 0.25) is 10.6 Å². The van der Waals surface area contributed by atoms with Crippen molar-refractivity contribution in [2.45, 2.75) is 46.2 Å². The molecule has 35 heavy (non-hydrogen) atoms. The van der Waals surface area contributed by atoms with E-state index in [4.69, 9.17) is 19.0 Å². The summed E-state index contributed by atoms with van der Waals surface area (Å²) < 4.78 is 17.2. The fourth-order valence-corrected chi connectivity index (χ4v) is 11.1. The summed E-state index contributed by atoms with van der Waals surface area (Å²) in [5, 5.41) is 32.8. The molecule has 1 aromatic rings. The van der Waals surface area contributed by atoms with Crippen LogP contribution in [0.4, 0.5) is 0 Å². The number of aliphatic hydroxyl groups excluding tert-OH is 2. The van der Waals surface area contributed by atoms with Crippen LogP contribution >= 0.6 is 31.4 Å². The van der Waals surface area contributed by atoms with Gasteiger partial charge in [-0.25, -0.2) is 0 Å². The zero-order chi connectivity index (χ0) is 24.9. The number of rotatable bonds is 2. The zero-order valence-electron chi connectivity index (χ0n) is 18.7. The molecule has 0 saturated carbocycles. The average molecular weight is 543 g/mol. The van der Waals surface area contributed by atoms with Crippen LogP contribution in [0, 0.1) is 0 Å². The predicted molar refractivity (Wildman–Crippen MR) is 126 cm³/mol. The molecule has 3 N–H and O–H groups in total.